The Bertz CT molecular complexity index is 560. The summed E-state index contributed by atoms with van der Waals surface area (Å²) in [6.45, 7) is 2.48. The van der Waals surface area contributed by atoms with Gasteiger partial charge in [0.25, 0.3) is 0 Å². The molecule has 2 aromatic rings. The maximum absolute atomic E-state index is 13.7. The van der Waals surface area contributed by atoms with Crippen LogP contribution in [-0.2, 0) is 0 Å². The van der Waals surface area contributed by atoms with Crippen molar-refractivity contribution >= 4 is 0 Å². The predicted molar refractivity (Wildman–Crippen MR) is 77.8 cm³/mol. The molecule has 2 rings (SSSR count). The number of hydrogen-bond donors (Lipinski definition) is 2. The van der Waals surface area contributed by atoms with Crippen molar-refractivity contribution in [2.24, 2.45) is 5.84 Å². The number of hydrogen-bond acceptors (Lipinski definition) is 3. The van der Waals surface area contributed by atoms with Gasteiger partial charge in [-0.15, -0.1) is 0 Å². The van der Waals surface area contributed by atoms with Gasteiger partial charge in [0.15, 0.2) is 0 Å². The molecule has 0 aromatic heterocycles. The van der Waals surface area contributed by atoms with Crippen LogP contribution < -0.4 is 16.0 Å². The Morgan fingerprint density at radius 3 is 2.70 bits per heavy atom. The van der Waals surface area contributed by atoms with Gasteiger partial charge in [-0.1, -0.05) is 30.3 Å². The van der Waals surface area contributed by atoms with Crippen LogP contribution in [0.2, 0.25) is 0 Å². The van der Waals surface area contributed by atoms with Crippen LogP contribution in [-0.4, -0.2) is 6.61 Å². The van der Waals surface area contributed by atoms with E-state index in [9.17, 15) is 4.39 Å². The Hall–Kier alpha value is -1.91. The van der Waals surface area contributed by atoms with Gasteiger partial charge in [-0.05, 0) is 30.7 Å². The normalized spacial score (nSPS) is 12.2. The fourth-order valence-electron chi connectivity index (χ4n) is 2.09. The minimum absolute atomic E-state index is 0.258. The van der Waals surface area contributed by atoms with Crippen molar-refractivity contribution in [3.63, 3.8) is 0 Å². The highest BCUT2D eigenvalue weighted by Gasteiger charge is 2.13. The average molecular weight is 274 g/mol. The molecule has 20 heavy (non-hydrogen) atoms. The minimum Gasteiger partial charge on any atom is -0.494 e. The molecule has 0 fully saturated rings. The largest absolute Gasteiger partial charge is 0.494 e. The highest BCUT2D eigenvalue weighted by atomic mass is 19.1. The number of ether oxygens (including phenoxy) is 1. The molecule has 0 amide bonds. The van der Waals surface area contributed by atoms with Crippen LogP contribution in [0, 0.1) is 12.7 Å². The minimum atomic E-state index is -0.263. The molecule has 106 valence electrons. The number of aryl methyl sites for hydroxylation is 1. The molecule has 0 bridgehead atoms. The summed E-state index contributed by atoms with van der Waals surface area (Å²) in [5.74, 6) is 6.06. The number of nitrogens with two attached hydrogens (primary N) is 1. The third-order valence-electron chi connectivity index (χ3n) is 3.15. The van der Waals surface area contributed by atoms with Gasteiger partial charge in [0.1, 0.15) is 11.6 Å². The molecule has 0 aliphatic carbocycles. The van der Waals surface area contributed by atoms with E-state index in [0.717, 1.165) is 11.3 Å². The predicted octanol–water partition coefficient (Wildman–Crippen LogP) is 3.11. The van der Waals surface area contributed by atoms with Crippen molar-refractivity contribution in [2.45, 2.75) is 19.4 Å². The van der Waals surface area contributed by atoms with E-state index < -0.39 is 0 Å². The van der Waals surface area contributed by atoms with E-state index in [1.807, 2.05) is 31.2 Å². The molecule has 0 aliphatic rings. The molecule has 0 radical (unpaired) electrons. The number of nitrogens with one attached hydrogen (secondary N) is 1. The van der Waals surface area contributed by atoms with E-state index in [2.05, 4.69) is 5.43 Å². The fraction of sp³-hybridized carbons (Fsp3) is 0.250. The maximum Gasteiger partial charge on any atom is 0.128 e. The lowest BCUT2D eigenvalue weighted by Gasteiger charge is -2.17. The van der Waals surface area contributed by atoms with Crippen LogP contribution in [0.25, 0.3) is 0 Å². The molecule has 0 saturated heterocycles. The number of hydrazine groups is 1. The first-order valence-electron chi connectivity index (χ1n) is 6.60. The molecule has 0 aliphatic heterocycles. The number of benzene rings is 2. The summed E-state index contributed by atoms with van der Waals surface area (Å²) < 4.78 is 19.4. The Balaban J connectivity index is 1.93. The van der Waals surface area contributed by atoms with Crippen molar-refractivity contribution in [1.29, 1.82) is 0 Å². The second-order valence-electron chi connectivity index (χ2n) is 4.69. The van der Waals surface area contributed by atoms with Crippen LogP contribution in [0.1, 0.15) is 23.6 Å². The molecule has 3 N–H and O–H groups in total. The first-order valence-corrected chi connectivity index (χ1v) is 6.60. The summed E-state index contributed by atoms with van der Waals surface area (Å²) in [6, 6.07) is 14.2. The molecule has 0 spiro atoms. The first-order chi connectivity index (χ1) is 9.70. The molecule has 4 heteroatoms. The van der Waals surface area contributed by atoms with Crippen molar-refractivity contribution in [1.82, 2.24) is 5.43 Å². The Labute approximate surface area is 118 Å². The van der Waals surface area contributed by atoms with Gasteiger partial charge >= 0.3 is 0 Å². The smallest absolute Gasteiger partial charge is 0.128 e. The van der Waals surface area contributed by atoms with Crippen LogP contribution in [0.3, 0.4) is 0 Å². The summed E-state index contributed by atoms with van der Waals surface area (Å²) in [5.41, 5.74) is 4.34. The van der Waals surface area contributed by atoms with Gasteiger partial charge in [0.2, 0.25) is 0 Å². The second kappa shape index (κ2) is 7.03. The van der Waals surface area contributed by atoms with E-state index in [0.29, 0.717) is 18.6 Å². The van der Waals surface area contributed by atoms with E-state index in [1.165, 1.54) is 6.07 Å². The quantitative estimate of drug-likeness (QED) is 0.628. The van der Waals surface area contributed by atoms with Gasteiger partial charge in [0, 0.05) is 12.0 Å². The molecule has 0 heterocycles. The van der Waals surface area contributed by atoms with E-state index in [4.69, 9.17) is 10.6 Å². The molecule has 1 unspecified atom stereocenters. The highest BCUT2D eigenvalue weighted by Crippen LogP contribution is 2.20. The lowest BCUT2D eigenvalue weighted by Crippen LogP contribution is -2.30. The Kier molecular flexibility index (Phi) is 5.09. The lowest BCUT2D eigenvalue weighted by atomic mass is 10.0. The van der Waals surface area contributed by atoms with E-state index in [1.54, 1.807) is 18.2 Å². The van der Waals surface area contributed by atoms with Gasteiger partial charge < -0.3 is 4.74 Å². The summed E-state index contributed by atoms with van der Waals surface area (Å²) in [4.78, 5) is 0. The van der Waals surface area contributed by atoms with E-state index >= 15 is 0 Å². The zero-order valence-corrected chi connectivity index (χ0v) is 11.5. The van der Waals surface area contributed by atoms with Gasteiger partial charge in [0.05, 0.1) is 12.6 Å². The third-order valence-corrected chi connectivity index (χ3v) is 3.15. The molecule has 3 nitrogen and oxygen atoms in total. The van der Waals surface area contributed by atoms with Crippen LogP contribution >= 0.6 is 0 Å². The summed E-state index contributed by atoms with van der Waals surface area (Å²) >= 11 is 0. The van der Waals surface area contributed by atoms with Gasteiger partial charge in [-0.3, -0.25) is 11.3 Å². The zero-order chi connectivity index (χ0) is 14.4. The standard InChI is InChI=1S/C16H19FN2O/c1-12-5-4-6-13(11-12)20-10-9-16(19-18)14-7-2-3-8-15(14)17/h2-8,11,16,19H,9-10,18H2,1H3. The topological polar surface area (TPSA) is 47.3 Å². The highest BCUT2D eigenvalue weighted by molar-refractivity contribution is 5.27. The van der Waals surface area contributed by atoms with Crippen molar-refractivity contribution < 1.29 is 9.13 Å². The Morgan fingerprint density at radius 2 is 2.00 bits per heavy atom. The monoisotopic (exact) mass is 274 g/mol. The Morgan fingerprint density at radius 1 is 1.20 bits per heavy atom. The number of halogens is 1. The molecular weight excluding hydrogens is 255 g/mol. The fourth-order valence-corrected chi connectivity index (χ4v) is 2.09. The average Bonchev–Trinajstić information content (AvgIpc) is 2.45. The third kappa shape index (κ3) is 3.79. The van der Waals surface area contributed by atoms with Crippen molar-refractivity contribution in [3.05, 3.63) is 65.5 Å². The second-order valence-corrected chi connectivity index (χ2v) is 4.69. The number of rotatable bonds is 6. The molecule has 0 saturated carbocycles. The van der Waals surface area contributed by atoms with E-state index in [-0.39, 0.29) is 11.9 Å². The van der Waals surface area contributed by atoms with Crippen molar-refractivity contribution in [3.8, 4) is 5.75 Å². The van der Waals surface area contributed by atoms with Crippen LogP contribution in [0.4, 0.5) is 4.39 Å². The molecule has 2 aromatic carbocycles. The zero-order valence-electron chi connectivity index (χ0n) is 11.5. The lowest BCUT2D eigenvalue weighted by molar-refractivity contribution is 0.285. The van der Waals surface area contributed by atoms with Crippen molar-refractivity contribution in [2.75, 3.05) is 6.61 Å². The molecular formula is C16H19FN2O. The SMILES string of the molecule is Cc1cccc(OCCC(NN)c2ccccc2F)c1. The summed E-state index contributed by atoms with van der Waals surface area (Å²) in [7, 11) is 0. The molecule has 1 atom stereocenters. The van der Waals surface area contributed by atoms with Gasteiger partial charge in [-0.25, -0.2) is 4.39 Å². The van der Waals surface area contributed by atoms with Crippen LogP contribution in [0.5, 0.6) is 5.75 Å². The van der Waals surface area contributed by atoms with Gasteiger partial charge in [-0.2, -0.15) is 0 Å². The summed E-state index contributed by atoms with van der Waals surface area (Å²) in [6.07, 6.45) is 0.589. The first kappa shape index (κ1) is 14.5. The summed E-state index contributed by atoms with van der Waals surface area (Å²) in [5, 5.41) is 0. The van der Waals surface area contributed by atoms with Crippen LogP contribution in [0.15, 0.2) is 48.5 Å². The maximum atomic E-state index is 13.7.